The van der Waals surface area contributed by atoms with Crippen molar-refractivity contribution in [2.45, 2.75) is 57.8 Å². The Balaban J connectivity index is 1.85. The molecule has 158 valence electrons. The van der Waals surface area contributed by atoms with E-state index in [9.17, 15) is 4.79 Å². The van der Waals surface area contributed by atoms with Crippen LogP contribution in [0.15, 0.2) is 48.7 Å². The van der Waals surface area contributed by atoms with E-state index in [-0.39, 0.29) is 11.4 Å². The van der Waals surface area contributed by atoms with Gasteiger partial charge in [0, 0.05) is 36.1 Å². The van der Waals surface area contributed by atoms with Crippen molar-refractivity contribution in [2.24, 2.45) is 12.8 Å². The molecule has 0 radical (unpaired) electrons. The van der Waals surface area contributed by atoms with E-state index in [2.05, 4.69) is 74.1 Å². The lowest BCUT2D eigenvalue weighted by atomic mass is 9.78. The van der Waals surface area contributed by atoms with E-state index >= 15 is 0 Å². The molecule has 2 N–H and O–H groups in total. The minimum atomic E-state index is -0.350. The second-order valence-corrected chi connectivity index (χ2v) is 8.71. The first-order valence-electron chi connectivity index (χ1n) is 11.2. The normalized spacial score (nSPS) is 15.6. The topological polar surface area (TPSA) is 51.3 Å². The summed E-state index contributed by atoms with van der Waals surface area (Å²) in [6, 6.07) is 14.6. The summed E-state index contributed by atoms with van der Waals surface area (Å²) in [4.78, 5) is 14.7. The summed E-state index contributed by atoms with van der Waals surface area (Å²) in [5.41, 5.74) is 12.0. The number of carbonyl (C=O) groups is 1. The summed E-state index contributed by atoms with van der Waals surface area (Å²) >= 11 is 0. The maximum absolute atomic E-state index is 12.8. The van der Waals surface area contributed by atoms with Gasteiger partial charge in [-0.2, -0.15) is 0 Å². The summed E-state index contributed by atoms with van der Waals surface area (Å²) in [7, 11) is 2.11. The smallest absolute Gasteiger partial charge is 0.319 e. The second kappa shape index (κ2) is 8.17. The third-order valence-electron chi connectivity index (χ3n) is 6.99. The first-order valence-corrected chi connectivity index (χ1v) is 11.2. The molecule has 0 atom stereocenters. The van der Waals surface area contributed by atoms with Gasteiger partial charge in [-0.3, -0.25) is 4.90 Å². The number of amides is 2. The summed E-state index contributed by atoms with van der Waals surface area (Å²) in [5.74, 6) is 0. The number of aryl methyl sites for hydroxylation is 3. The lowest BCUT2D eigenvalue weighted by Gasteiger charge is -2.36. The number of hydrogen-bond acceptors (Lipinski definition) is 1. The van der Waals surface area contributed by atoms with Crippen molar-refractivity contribution in [1.29, 1.82) is 0 Å². The highest BCUT2D eigenvalue weighted by molar-refractivity contribution is 5.93. The van der Waals surface area contributed by atoms with Gasteiger partial charge in [-0.15, -0.1) is 0 Å². The number of rotatable bonds is 6. The van der Waals surface area contributed by atoms with Crippen LogP contribution in [-0.4, -0.2) is 17.1 Å². The van der Waals surface area contributed by atoms with Crippen molar-refractivity contribution in [3.05, 3.63) is 65.4 Å². The van der Waals surface area contributed by atoms with Gasteiger partial charge in [0.05, 0.1) is 5.69 Å². The highest BCUT2D eigenvalue weighted by Crippen LogP contribution is 2.46. The number of anilines is 1. The van der Waals surface area contributed by atoms with E-state index in [1.807, 2.05) is 4.90 Å². The Bertz CT molecular complexity index is 1040. The predicted octanol–water partition coefficient (Wildman–Crippen LogP) is 5.70. The zero-order valence-corrected chi connectivity index (χ0v) is 18.4. The number of hydrogen-bond donors (Lipinski definition) is 1. The summed E-state index contributed by atoms with van der Waals surface area (Å²) in [6.45, 7) is 4.93. The molecule has 1 saturated carbocycles. The number of benzene rings is 2. The Kier molecular flexibility index (Phi) is 5.59. The molecule has 1 heterocycles. The Labute approximate surface area is 179 Å². The molecule has 0 spiro atoms. The third kappa shape index (κ3) is 3.38. The summed E-state index contributed by atoms with van der Waals surface area (Å²) in [6.07, 6.45) is 8.59. The van der Waals surface area contributed by atoms with Gasteiger partial charge in [-0.05, 0) is 48.4 Å². The van der Waals surface area contributed by atoms with Gasteiger partial charge in [-0.1, -0.05) is 63.1 Å². The van der Waals surface area contributed by atoms with Crippen LogP contribution >= 0.6 is 0 Å². The molecule has 3 aromatic rings. The van der Waals surface area contributed by atoms with Gasteiger partial charge in [-0.25, -0.2) is 4.79 Å². The average molecular weight is 404 g/mol. The SMILES string of the molecule is CCc1cccc(CC)c1N(CC1(c2cn(C)c3ccccc23)CCCC1)C(N)=O. The minimum absolute atomic E-state index is 0.0677. The van der Waals surface area contributed by atoms with Crippen molar-refractivity contribution < 1.29 is 4.79 Å². The Morgan fingerprint density at radius 1 is 1.03 bits per heavy atom. The van der Waals surface area contributed by atoms with Crippen LogP contribution in [0.3, 0.4) is 0 Å². The van der Waals surface area contributed by atoms with Crippen molar-refractivity contribution in [2.75, 3.05) is 11.4 Å². The van der Waals surface area contributed by atoms with Crippen molar-refractivity contribution >= 4 is 22.6 Å². The van der Waals surface area contributed by atoms with Gasteiger partial charge >= 0.3 is 6.03 Å². The van der Waals surface area contributed by atoms with Crippen LogP contribution < -0.4 is 10.6 Å². The number of carbonyl (C=O) groups excluding carboxylic acids is 1. The van der Waals surface area contributed by atoms with Gasteiger partial charge in [0.25, 0.3) is 0 Å². The molecule has 0 bridgehead atoms. The zero-order valence-electron chi connectivity index (χ0n) is 18.4. The molecular formula is C26H33N3O. The lowest BCUT2D eigenvalue weighted by molar-refractivity contribution is 0.251. The van der Waals surface area contributed by atoms with Gasteiger partial charge < -0.3 is 10.3 Å². The maximum Gasteiger partial charge on any atom is 0.319 e. The highest BCUT2D eigenvalue weighted by atomic mass is 16.2. The molecule has 2 aromatic carbocycles. The van der Waals surface area contributed by atoms with E-state index in [1.165, 1.54) is 40.4 Å². The van der Waals surface area contributed by atoms with E-state index in [0.717, 1.165) is 31.4 Å². The predicted molar refractivity (Wildman–Crippen MR) is 125 cm³/mol. The Morgan fingerprint density at radius 3 is 2.27 bits per heavy atom. The monoisotopic (exact) mass is 403 g/mol. The molecule has 1 fully saturated rings. The molecular weight excluding hydrogens is 370 g/mol. The van der Waals surface area contributed by atoms with Crippen LogP contribution in [0.4, 0.5) is 10.5 Å². The summed E-state index contributed by atoms with van der Waals surface area (Å²) in [5, 5.41) is 1.30. The van der Waals surface area contributed by atoms with Crippen LogP contribution in [0.5, 0.6) is 0 Å². The minimum Gasteiger partial charge on any atom is -0.351 e. The molecule has 4 nitrogen and oxygen atoms in total. The van der Waals surface area contributed by atoms with E-state index in [1.54, 1.807) is 0 Å². The third-order valence-corrected chi connectivity index (χ3v) is 6.99. The number of aromatic nitrogens is 1. The zero-order chi connectivity index (χ0) is 21.3. The highest BCUT2D eigenvalue weighted by Gasteiger charge is 2.41. The molecule has 1 aromatic heterocycles. The fraction of sp³-hybridized carbons (Fsp3) is 0.423. The van der Waals surface area contributed by atoms with E-state index in [4.69, 9.17) is 5.73 Å². The standard InChI is InChI=1S/C26H33N3O/c1-4-19-11-10-12-20(5-2)24(19)29(25(27)30)18-26(15-8-9-16-26)22-17-28(3)23-14-7-6-13-21(22)23/h6-7,10-14,17H,4-5,8-9,15-16,18H2,1-3H3,(H2,27,30). The van der Waals surface area contributed by atoms with E-state index < -0.39 is 0 Å². The van der Waals surface area contributed by atoms with Crippen LogP contribution in [0.25, 0.3) is 10.9 Å². The van der Waals surface area contributed by atoms with Gasteiger partial charge in [0.15, 0.2) is 0 Å². The first-order chi connectivity index (χ1) is 14.5. The average Bonchev–Trinajstić information content (AvgIpc) is 3.37. The largest absolute Gasteiger partial charge is 0.351 e. The molecule has 0 aliphatic heterocycles. The van der Waals surface area contributed by atoms with Crippen molar-refractivity contribution in [1.82, 2.24) is 4.57 Å². The summed E-state index contributed by atoms with van der Waals surface area (Å²) < 4.78 is 2.22. The van der Waals surface area contributed by atoms with Crippen LogP contribution in [0.1, 0.15) is 56.2 Å². The molecule has 4 heteroatoms. The quantitative estimate of drug-likeness (QED) is 0.564. The molecule has 1 aliphatic rings. The fourth-order valence-electron chi connectivity index (χ4n) is 5.46. The molecule has 2 amide bonds. The maximum atomic E-state index is 12.8. The van der Waals surface area contributed by atoms with Crippen LogP contribution in [-0.2, 0) is 25.3 Å². The number of urea groups is 1. The van der Waals surface area contributed by atoms with Crippen molar-refractivity contribution in [3.8, 4) is 0 Å². The van der Waals surface area contributed by atoms with Crippen LogP contribution in [0.2, 0.25) is 0 Å². The number of nitrogens with zero attached hydrogens (tertiary/aromatic N) is 2. The molecule has 4 rings (SSSR count). The number of fused-ring (bicyclic) bond motifs is 1. The Hall–Kier alpha value is -2.75. The van der Waals surface area contributed by atoms with Crippen LogP contribution in [0, 0.1) is 0 Å². The number of nitrogens with two attached hydrogens (primary N) is 1. The molecule has 0 saturated heterocycles. The second-order valence-electron chi connectivity index (χ2n) is 8.71. The molecule has 30 heavy (non-hydrogen) atoms. The van der Waals surface area contributed by atoms with E-state index in [0.29, 0.717) is 6.54 Å². The fourth-order valence-corrected chi connectivity index (χ4v) is 5.46. The molecule has 0 unspecified atom stereocenters. The van der Waals surface area contributed by atoms with Gasteiger partial charge in [0.2, 0.25) is 0 Å². The van der Waals surface area contributed by atoms with Crippen molar-refractivity contribution in [3.63, 3.8) is 0 Å². The first kappa shape index (κ1) is 20.5. The lowest BCUT2D eigenvalue weighted by Crippen LogP contribution is -2.46. The molecule has 1 aliphatic carbocycles. The number of primary amides is 1. The number of para-hydroxylation sites is 2. The van der Waals surface area contributed by atoms with Gasteiger partial charge in [0.1, 0.15) is 0 Å². The Morgan fingerprint density at radius 2 is 1.67 bits per heavy atom.